The molecular weight excluding hydrogens is 246 g/mol. The summed E-state index contributed by atoms with van der Waals surface area (Å²) in [6.45, 7) is 1.84. The lowest BCUT2D eigenvalue weighted by atomic mass is 10.1. The second-order valence-electron chi connectivity index (χ2n) is 3.18. The van der Waals surface area contributed by atoms with E-state index in [2.05, 4.69) is 15.9 Å². The van der Waals surface area contributed by atoms with Crippen LogP contribution in [0, 0.1) is 10.1 Å². The average molecular weight is 258 g/mol. The lowest BCUT2D eigenvalue weighted by molar-refractivity contribution is -0.522. The molecule has 0 heterocycles. The van der Waals surface area contributed by atoms with Crippen LogP contribution in [0.2, 0.25) is 0 Å². The van der Waals surface area contributed by atoms with Crippen molar-refractivity contribution in [3.8, 4) is 0 Å². The molecule has 4 heteroatoms. The van der Waals surface area contributed by atoms with Crippen LogP contribution in [0.3, 0.4) is 0 Å². The van der Waals surface area contributed by atoms with E-state index in [-0.39, 0.29) is 4.92 Å². The van der Waals surface area contributed by atoms with E-state index in [0.717, 1.165) is 10.0 Å². The fraction of sp³-hybridized carbons (Fsp3) is 0.400. The van der Waals surface area contributed by atoms with Crippen molar-refractivity contribution in [2.24, 2.45) is 0 Å². The number of hydrogen-bond acceptors (Lipinski definition) is 2. The third-order valence-electron chi connectivity index (χ3n) is 2.15. The van der Waals surface area contributed by atoms with Crippen molar-refractivity contribution in [3.63, 3.8) is 0 Å². The van der Waals surface area contributed by atoms with Gasteiger partial charge in [0, 0.05) is 22.2 Å². The summed E-state index contributed by atoms with van der Waals surface area (Å²) in [6.07, 6.45) is 1.08. The molecule has 1 unspecified atom stereocenters. The predicted molar refractivity (Wildman–Crippen MR) is 58.9 cm³/mol. The SMILES string of the molecule is CCC(Cc1ccc(Br)cc1)[N+](=O)[O-]. The number of hydrogen-bond donors (Lipinski definition) is 0. The molecular formula is C10H12BrNO2. The van der Waals surface area contributed by atoms with Crippen LogP contribution in [-0.4, -0.2) is 11.0 Å². The molecule has 0 aliphatic carbocycles. The highest BCUT2D eigenvalue weighted by Gasteiger charge is 2.17. The minimum absolute atomic E-state index is 0.206. The molecule has 0 fully saturated rings. The van der Waals surface area contributed by atoms with E-state index < -0.39 is 6.04 Å². The molecule has 1 aromatic rings. The molecule has 0 N–H and O–H groups in total. The van der Waals surface area contributed by atoms with Gasteiger partial charge in [-0.2, -0.15) is 0 Å². The molecule has 0 aliphatic rings. The van der Waals surface area contributed by atoms with Gasteiger partial charge in [0.05, 0.1) is 0 Å². The smallest absolute Gasteiger partial charge is 0.216 e. The first-order chi connectivity index (χ1) is 6.63. The van der Waals surface area contributed by atoms with Gasteiger partial charge >= 0.3 is 0 Å². The topological polar surface area (TPSA) is 43.1 Å². The predicted octanol–water partition coefficient (Wildman–Crippen LogP) is 3.05. The number of nitrogens with zero attached hydrogens (tertiary/aromatic N) is 1. The number of benzene rings is 1. The van der Waals surface area contributed by atoms with E-state index >= 15 is 0 Å². The van der Waals surface area contributed by atoms with Crippen molar-refractivity contribution in [1.82, 2.24) is 0 Å². The maximum Gasteiger partial charge on any atom is 0.216 e. The fourth-order valence-corrected chi connectivity index (χ4v) is 1.52. The summed E-state index contributed by atoms with van der Waals surface area (Å²) in [5.74, 6) is 0. The Labute approximate surface area is 91.4 Å². The highest BCUT2D eigenvalue weighted by atomic mass is 79.9. The normalized spacial score (nSPS) is 12.4. The standard InChI is InChI=1S/C10H12BrNO2/c1-2-10(12(13)14)7-8-3-5-9(11)6-4-8/h3-6,10H,2,7H2,1H3. The van der Waals surface area contributed by atoms with E-state index in [1.165, 1.54) is 0 Å². The van der Waals surface area contributed by atoms with Crippen LogP contribution in [0.15, 0.2) is 28.7 Å². The Balaban J connectivity index is 2.67. The summed E-state index contributed by atoms with van der Waals surface area (Å²) in [5, 5.41) is 10.6. The molecule has 0 aliphatic heterocycles. The fourth-order valence-electron chi connectivity index (χ4n) is 1.26. The second kappa shape index (κ2) is 5.10. The molecule has 1 rings (SSSR count). The molecule has 0 spiro atoms. The summed E-state index contributed by atoms with van der Waals surface area (Å²) in [4.78, 5) is 10.4. The number of rotatable bonds is 4. The van der Waals surface area contributed by atoms with Crippen molar-refractivity contribution in [1.29, 1.82) is 0 Å². The minimum Gasteiger partial charge on any atom is -0.264 e. The van der Waals surface area contributed by atoms with E-state index in [1.807, 2.05) is 31.2 Å². The van der Waals surface area contributed by atoms with E-state index in [0.29, 0.717) is 12.8 Å². The maximum atomic E-state index is 10.6. The Hall–Kier alpha value is -0.900. The molecule has 0 aromatic heterocycles. The van der Waals surface area contributed by atoms with Crippen molar-refractivity contribution in [2.75, 3.05) is 0 Å². The summed E-state index contributed by atoms with van der Waals surface area (Å²) in [6, 6.07) is 7.17. The van der Waals surface area contributed by atoms with E-state index in [9.17, 15) is 10.1 Å². The molecule has 0 bridgehead atoms. The molecule has 1 aromatic carbocycles. The molecule has 0 amide bonds. The molecule has 0 saturated carbocycles. The van der Waals surface area contributed by atoms with Crippen molar-refractivity contribution in [3.05, 3.63) is 44.4 Å². The summed E-state index contributed by atoms with van der Waals surface area (Å²) >= 11 is 3.32. The van der Waals surface area contributed by atoms with Gasteiger partial charge in [-0.15, -0.1) is 0 Å². The van der Waals surface area contributed by atoms with Crippen LogP contribution < -0.4 is 0 Å². The van der Waals surface area contributed by atoms with Gasteiger partial charge in [-0.25, -0.2) is 0 Å². The van der Waals surface area contributed by atoms with Gasteiger partial charge in [-0.3, -0.25) is 10.1 Å². The third kappa shape index (κ3) is 3.10. The lowest BCUT2D eigenvalue weighted by Gasteiger charge is -2.06. The Morgan fingerprint density at radius 3 is 2.43 bits per heavy atom. The van der Waals surface area contributed by atoms with Crippen LogP contribution in [-0.2, 0) is 6.42 Å². The summed E-state index contributed by atoms with van der Waals surface area (Å²) in [7, 11) is 0. The summed E-state index contributed by atoms with van der Waals surface area (Å²) < 4.78 is 0.996. The number of nitro groups is 1. The van der Waals surface area contributed by atoms with Crippen LogP contribution >= 0.6 is 15.9 Å². The van der Waals surface area contributed by atoms with Gasteiger partial charge in [0.25, 0.3) is 0 Å². The quantitative estimate of drug-likeness (QED) is 0.615. The van der Waals surface area contributed by atoms with Crippen molar-refractivity contribution >= 4 is 15.9 Å². The van der Waals surface area contributed by atoms with Gasteiger partial charge in [0.1, 0.15) is 0 Å². The van der Waals surface area contributed by atoms with Gasteiger partial charge < -0.3 is 0 Å². The Morgan fingerprint density at radius 1 is 1.43 bits per heavy atom. The average Bonchev–Trinajstić information content (AvgIpc) is 2.16. The van der Waals surface area contributed by atoms with Gasteiger partial charge in [-0.1, -0.05) is 35.0 Å². The van der Waals surface area contributed by atoms with Gasteiger partial charge in [0.2, 0.25) is 6.04 Å². The first kappa shape index (κ1) is 11.2. The zero-order valence-electron chi connectivity index (χ0n) is 7.94. The third-order valence-corrected chi connectivity index (χ3v) is 2.68. The Kier molecular flexibility index (Phi) is 4.07. The van der Waals surface area contributed by atoms with Gasteiger partial charge in [0.15, 0.2) is 0 Å². The van der Waals surface area contributed by atoms with E-state index in [1.54, 1.807) is 0 Å². The van der Waals surface area contributed by atoms with Gasteiger partial charge in [-0.05, 0) is 17.7 Å². The molecule has 3 nitrogen and oxygen atoms in total. The monoisotopic (exact) mass is 257 g/mol. The molecule has 1 atom stereocenters. The minimum atomic E-state index is -0.462. The molecule has 0 saturated heterocycles. The number of halogens is 1. The summed E-state index contributed by atoms with van der Waals surface area (Å²) in [5.41, 5.74) is 1.01. The lowest BCUT2D eigenvalue weighted by Crippen LogP contribution is -2.20. The Bertz CT molecular complexity index is 310. The first-order valence-electron chi connectivity index (χ1n) is 4.51. The molecule has 0 radical (unpaired) electrons. The zero-order chi connectivity index (χ0) is 10.6. The Morgan fingerprint density at radius 2 is 2.00 bits per heavy atom. The van der Waals surface area contributed by atoms with E-state index in [4.69, 9.17) is 0 Å². The van der Waals surface area contributed by atoms with Crippen LogP contribution in [0.25, 0.3) is 0 Å². The molecule has 14 heavy (non-hydrogen) atoms. The highest BCUT2D eigenvalue weighted by molar-refractivity contribution is 9.10. The second-order valence-corrected chi connectivity index (χ2v) is 4.09. The van der Waals surface area contributed by atoms with Crippen LogP contribution in [0.1, 0.15) is 18.9 Å². The maximum absolute atomic E-state index is 10.6. The first-order valence-corrected chi connectivity index (χ1v) is 5.30. The van der Waals surface area contributed by atoms with Crippen LogP contribution in [0.5, 0.6) is 0 Å². The van der Waals surface area contributed by atoms with Crippen molar-refractivity contribution < 1.29 is 4.92 Å². The van der Waals surface area contributed by atoms with Crippen LogP contribution in [0.4, 0.5) is 0 Å². The van der Waals surface area contributed by atoms with Crippen molar-refractivity contribution in [2.45, 2.75) is 25.8 Å². The molecule has 76 valence electrons. The zero-order valence-corrected chi connectivity index (χ0v) is 9.53. The largest absolute Gasteiger partial charge is 0.264 e. The highest BCUT2D eigenvalue weighted by Crippen LogP contribution is 2.13.